The minimum absolute atomic E-state index is 0.00960. The van der Waals surface area contributed by atoms with E-state index in [1.807, 2.05) is 30.3 Å². The Kier molecular flexibility index (Phi) is 4.49. The van der Waals surface area contributed by atoms with Crippen LogP contribution in [0.4, 0.5) is 5.69 Å². The van der Waals surface area contributed by atoms with E-state index in [-0.39, 0.29) is 11.2 Å². The van der Waals surface area contributed by atoms with Gasteiger partial charge in [-0.25, -0.2) is 0 Å². The zero-order valence-corrected chi connectivity index (χ0v) is 12.6. The molecule has 0 aromatic heterocycles. The molecule has 1 aromatic carbocycles. The first-order valence-corrected chi connectivity index (χ1v) is 7.05. The molecule has 1 aliphatic rings. The molecule has 5 heteroatoms. The van der Waals surface area contributed by atoms with E-state index >= 15 is 0 Å². The number of rotatable bonds is 2. The molecular formula is C15H19N3OS. The molecule has 0 bridgehead atoms. The standard InChI is InChI=1S/C15H19N3OS/c1-15(2)9-12(8-13(19)10-15)17-18-14(20)16-11-6-4-3-5-7-11/h3-7H,8-10H2,1-2H3,(H2,16,18,20)/b17-12+. The number of benzene rings is 1. The average Bonchev–Trinajstić information content (AvgIpc) is 2.35. The van der Waals surface area contributed by atoms with Crippen molar-refractivity contribution in [2.24, 2.45) is 10.5 Å². The van der Waals surface area contributed by atoms with Crippen LogP contribution in [0.1, 0.15) is 33.1 Å². The van der Waals surface area contributed by atoms with Gasteiger partial charge in [0.05, 0.1) is 0 Å². The summed E-state index contributed by atoms with van der Waals surface area (Å²) in [5.74, 6) is 0.240. The van der Waals surface area contributed by atoms with E-state index < -0.39 is 0 Å². The van der Waals surface area contributed by atoms with Crippen molar-refractivity contribution in [2.45, 2.75) is 33.1 Å². The highest BCUT2D eigenvalue weighted by Crippen LogP contribution is 2.31. The fourth-order valence-electron chi connectivity index (χ4n) is 2.39. The molecule has 0 radical (unpaired) electrons. The van der Waals surface area contributed by atoms with Gasteiger partial charge in [-0.1, -0.05) is 32.0 Å². The van der Waals surface area contributed by atoms with Crippen molar-refractivity contribution in [1.82, 2.24) is 5.43 Å². The Morgan fingerprint density at radius 3 is 2.60 bits per heavy atom. The molecule has 2 rings (SSSR count). The monoisotopic (exact) mass is 289 g/mol. The highest BCUT2D eigenvalue weighted by molar-refractivity contribution is 7.80. The number of ketones is 1. The van der Waals surface area contributed by atoms with Gasteiger partial charge in [-0.15, -0.1) is 0 Å². The summed E-state index contributed by atoms with van der Waals surface area (Å²) in [6.45, 7) is 4.17. The normalized spacial score (nSPS) is 19.7. The van der Waals surface area contributed by atoms with Crippen LogP contribution in [-0.2, 0) is 4.79 Å². The average molecular weight is 289 g/mol. The lowest BCUT2D eigenvalue weighted by Crippen LogP contribution is -2.32. The number of nitrogens with one attached hydrogen (secondary N) is 2. The summed E-state index contributed by atoms with van der Waals surface area (Å²) < 4.78 is 0. The summed E-state index contributed by atoms with van der Waals surface area (Å²) in [4.78, 5) is 11.7. The molecule has 0 unspecified atom stereocenters. The molecule has 0 aliphatic heterocycles. The van der Waals surface area contributed by atoms with Crippen molar-refractivity contribution < 1.29 is 4.79 Å². The van der Waals surface area contributed by atoms with E-state index in [2.05, 4.69) is 29.7 Å². The maximum atomic E-state index is 11.7. The number of Topliss-reactive ketones (excluding diaryl/α,β-unsaturated/α-hetero) is 1. The second-order valence-electron chi connectivity index (χ2n) is 5.84. The summed E-state index contributed by atoms with van der Waals surface area (Å²) in [6.07, 6.45) is 1.86. The van der Waals surface area contributed by atoms with E-state index in [0.717, 1.165) is 17.8 Å². The van der Waals surface area contributed by atoms with Crippen LogP contribution in [0, 0.1) is 5.41 Å². The molecule has 0 saturated heterocycles. The third-order valence-corrected chi connectivity index (χ3v) is 3.30. The topological polar surface area (TPSA) is 53.5 Å². The first kappa shape index (κ1) is 14.7. The first-order chi connectivity index (χ1) is 9.44. The van der Waals surface area contributed by atoms with Gasteiger partial charge in [-0.05, 0) is 36.2 Å². The van der Waals surface area contributed by atoms with Gasteiger partial charge >= 0.3 is 0 Å². The Morgan fingerprint density at radius 1 is 1.25 bits per heavy atom. The van der Waals surface area contributed by atoms with Crippen molar-refractivity contribution in [3.8, 4) is 0 Å². The Labute approximate surface area is 124 Å². The number of carbonyl (C=O) groups excluding carboxylic acids is 1. The lowest BCUT2D eigenvalue weighted by atomic mass is 9.76. The lowest BCUT2D eigenvalue weighted by Gasteiger charge is -2.29. The van der Waals surface area contributed by atoms with Crippen LogP contribution in [-0.4, -0.2) is 16.6 Å². The number of hydrogen-bond acceptors (Lipinski definition) is 3. The summed E-state index contributed by atoms with van der Waals surface area (Å²) >= 11 is 5.18. The van der Waals surface area contributed by atoms with E-state index in [9.17, 15) is 4.79 Å². The van der Waals surface area contributed by atoms with Crippen LogP contribution in [0.3, 0.4) is 0 Å². The number of hydrogen-bond donors (Lipinski definition) is 2. The summed E-state index contributed by atoms with van der Waals surface area (Å²) in [6, 6.07) is 9.65. The van der Waals surface area contributed by atoms with Crippen LogP contribution in [0.5, 0.6) is 0 Å². The summed E-state index contributed by atoms with van der Waals surface area (Å²) in [5, 5.41) is 7.74. The van der Waals surface area contributed by atoms with Crippen molar-refractivity contribution in [2.75, 3.05) is 5.32 Å². The van der Waals surface area contributed by atoms with Crippen LogP contribution < -0.4 is 10.7 Å². The van der Waals surface area contributed by atoms with E-state index in [1.54, 1.807) is 0 Å². The first-order valence-electron chi connectivity index (χ1n) is 6.64. The second-order valence-corrected chi connectivity index (χ2v) is 6.25. The fraction of sp³-hybridized carbons (Fsp3) is 0.400. The largest absolute Gasteiger partial charge is 0.331 e. The molecule has 20 heavy (non-hydrogen) atoms. The van der Waals surface area contributed by atoms with Gasteiger partial charge in [-0.3, -0.25) is 10.2 Å². The highest BCUT2D eigenvalue weighted by Gasteiger charge is 2.30. The predicted octanol–water partition coefficient (Wildman–Crippen LogP) is 3.11. The van der Waals surface area contributed by atoms with Gasteiger partial charge in [0.15, 0.2) is 5.11 Å². The minimum Gasteiger partial charge on any atom is -0.331 e. The van der Waals surface area contributed by atoms with Crippen molar-refractivity contribution in [3.63, 3.8) is 0 Å². The van der Waals surface area contributed by atoms with Gasteiger partial charge in [0.2, 0.25) is 0 Å². The molecule has 1 saturated carbocycles. The van der Waals surface area contributed by atoms with Crippen molar-refractivity contribution >= 4 is 34.5 Å². The molecule has 1 aromatic rings. The third-order valence-electron chi connectivity index (χ3n) is 3.11. The van der Waals surface area contributed by atoms with Gasteiger partial charge in [0.25, 0.3) is 0 Å². The quantitative estimate of drug-likeness (QED) is 0.649. The molecule has 4 nitrogen and oxygen atoms in total. The Bertz CT molecular complexity index is 537. The number of anilines is 1. The SMILES string of the molecule is CC1(C)CC(=O)C/C(=N\NC(=S)Nc2ccccc2)C1. The number of thiocarbonyl (C=S) groups is 1. The van der Waals surface area contributed by atoms with Gasteiger partial charge < -0.3 is 5.32 Å². The highest BCUT2D eigenvalue weighted by atomic mass is 32.1. The number of para-hydroxylation sites is 1. The van der Waals surface area contributed by atoms with E-state index in [1.165, 1.54) is 0 Å². The molecule has 1 fully saturated rings. The third kappa shape index (κ3) is 4.42. The maximum absolute atomic E-state index is 11.7. The number of carbonyl (C=O) groups is 1. The molecule has 0 spiro atoms. The van der Waals surface area contributed by atoms with Crippen LogP contribution >= 0.6 is 12.2 Å². The van der Waals surface area contributed by atoms with Crippen LogP contribution in [0.25, 0.3) is 0 Å². The predicted molar refractivity (Wildman–Crippen MR) is 85.9 cm³/mol. The molecule has 0 atom stereocenters. The fourth-order valence-corrected chi connectivity index (χ4v) is 2.55. The molecule has 0 amide bonds. The zero-order chi connectivity index (χ0) is 14.6. The maximum Gasteiger partial charge on any atom is 0.191 e. The number of hydrazone groups is 1. The van der Waals surface area contributed by atoms with Crippen molar-refractivity contribution in [1.29, 1.82) is 0 Å². The Hall–Kier alpha value is -1.75. The Morgan fingerprint density at radius 2 is 1.95 bits per heavy atom. The van der Waals surface area contributed by atoms with Gasteiger partial charge in [-0.2, -0.15) is 5.10 Å². The minimum atomic E-state index is -0.00960. The second kappa shape index (κ2) is 6.13. The summed E-state index contributed by atoms with van der Waals surface area (Å²) in [5.41, 5.74) is 4.58. The molecule has 2 N–H and O–H groups in total. The lowest BCUT2D eigenvalue weighted by molar-refractivity contribution is -0.120. The molecule has 106 valence electrons. The van der Waals surface area contributed by atoms with E-state index in [0.29, 0.717) is 18.0 Å². The zero-order valence-electron chi connectivity index (χ0n) is 11.8. The molecule has 0 heterocycles. The number of nitrogens with zero attached hydrogens (tertiary/aromatic N) is 1. The summed E-state index contributed by atoms with van der Waals surface area (Å²) in [7, 11) is 0. The smallest absolute Gasteiger partial charge is 0.191 e. The van der Waals surface area contributed by atoms with Crippen molar-refractivity contribution in [3.05, 3.63) is 30.3 Å². The van der Waals surface area contributed by atoms with Crippen LogP contribution in [0.15, 0.2) is 35.4 Å². The van der Waals surface area contributed by atoms with E-state index in [4.69, 9.17) is 12.2 Å². The van der Waals surface area contributed by atoms with Gasteiger partial charge in [0.1, 0.15) is 5.78 Å². The Balaban J connectivity index is 1.92. The molecule has 1 aliphatic carbocycles. The van der Waals surface area contributed by atoms with Gasteiger partial charge in [0, 0.05) is 24.2 Å². The molecular weight excluding hydrogens is 270 g/mol. The van der Waals surface area contributed by atoms with Crippen LogP contribution in [0.2, 0.25) is 0 Å².